The van der Waals surface area contributed by atoms with Crippen LogP contribution < -0.4 is 0 Å². The molecule has 6 nitrogen and oxygen atoms in total. The van der Waals surface area contributed by atoms with Gasteiger partial charge in [-0.3, -0.25) is 5.41 Å². The highest BCUT2D eigenvalue weighted by atomic mass is 79.9. The van der Waals surface area contributed by atoms with Crippen LogP contribution in [0.15, 0.2) is 59.1 Å². The van der Waals surface area contributed by atoms with Crippen LogP contribution in [0.4, 0.5) is 0 Å². The Labute approximate surface area is 176 Å². The summed E-state index contributed by atoms with van der Waals surface area (Å²) in [6.45, 7) is 1.69. The predicted molar refractivity (Wildman–Crippen MR) is 106 cm³/mol. The molecular weight excluding hydrogens is 432 g/mol. The van der Waals surface area contributed by atoms with Gasteiger partial charge in [0, 0.05) is 10.0 Å². The fraction of sp³-hybridized carbons (Fsp3) is 0.273. The van der Waals surface area contributed by atoms with Gasteiger partial charge in [-0.15, -0.1) is 0 Å². The van der Waals surface area contributed by atoms with Crippen LogP contribution in [0, 0.1) is 56.2 Å². The van der Waals surface area contributed by atoms with Crippen LogP contribution in [0.25, 0.3) is 0 Å². The maximum Gasteiger partial charge on any atom is 0.244 e. The Bertz CT molecular complexity index is 1120. The quantitative estimate of drug-likeness (QED) is 0.725. The molecule has 2 aromatic carbocycles. The third-order valence-electron chi connectivity index (χ3n) is 6.03. The second kappa shape index (κ2) is 6.42. The van der Waals surface area contributed by atoms with Gasteiger partial charge in [-0.1, -0.05) is 71.4 Å². The van der Waals surface area contributed by atoms with Gasteiger partial charge < -0.3 is 9.47 Å². The molecule has 2 saturated heterocycles. The number of rotatable bonds is 2. The monoisotopic (exact) mass is 446 g/mol. The molecule has 2 heterocycles. The Morgan fingerprint density at radius 1 is 0.966 bits per heavy atom. The van der Waals surface area contributed by atoms with E-state index in [0.717, 1.165) is 0 Å². The second-order valence-electron chi connectivity index (χ2n) is 7.16. The molecule has 0 spiro atoms. The van der Waals surface area contributed by atoms with Gasteiger partial charge >= 0.3 is 0 Å². The van der Waals surface area contributed by atoms with Crippen LogP contribution in [0.5, 0.6) is 0 Å². The van der Waals surface area contributed by atoms with Crippen molar-refractivity contribution in [3.8, 4) is 18.2 Å². The number of hydrogen-bond acceptors (Lipinski definition) is 6. The number of halogens is 1. The average molecular weight is 447 g/mol. The first-order valence-electron chi connectivity index (χ1n) is 8.93. The maximum atomic E-state index is 10.3. The molecule has 4 rings (SSSR count). The first-order valence-corrected chi connectivity index (χ1v) is 9.72. The molecule has 2 bridgehead atoms. The minimum Gasteiger partial charge on any atom is -0.443 e. The number of benzene rings is 2. The summed E-state index contributed by atoms with van der Waals surface area (Å²) in [7, 11) is 0. The molecule has 4 unspecified atom stereocenters. The standard InChI is InChI=1S/C22H15BrN4O2/c1-14-21(13-26)19(27)29-22(14,15-7-3-2-4-8-15)28-18(20(21,11-24)12-25)16-9-5-6-10-17(16)23/h2-10,14,18,27H,1H3. The largest absolute Gasteiger partial charge is 0.443 e. The Hall–Kier alpha value is -3.18. The number of nitrogens with zero attached hydrogens (tertiary/aromatic N) is 3. The second-order valence-corrected chi connectivity index (χ2v) is 8.01. The summed E-state index contributed by atoms with van der Waals surface area (Å²) in [5.74, 6) is -2.66. The van der Waals surface area contributed by atoms with Gasteiger partial charge in [-0.2, -0.15) is 15.8 Å². The van der Waals surface area contributed by atoms with Crippen LogP contribution in [-0.2, 0) is 15.3 Å². The Morgan fingerprint density at radius 2 is 1.59 bits per heavy atom. The summed E-state index contributed by atoms with van der Waals surface area (Å²) in [5, 5.41) is 39.2. The lowest BCUT2D eigenvalue weighted by Gasteiger charge is -2.49. The van der Waals surface area contributed by atoms with Crippen LogP contribution in [0.1, 0.15) is 24.2 Å². The molecule has 2 aliphatic heterocycles. The SMILES string of the molecule is CC1C2(c3ccccc3)OC(=N)C1(C#N)C(C#N)(C#N)C(c1ccccc1Br)O2. The van der Waals surface area contributed by atoms with Gasteiger partial charge in [-0.05, 0) is 11.6 Å². The van der Waals surface area contributed by atoms with Gasteiger partial charge in [-0.25, -0.2) is 0 Å². The molecule has 2 fully saturated rings. The fourth-order valence-corrected chi connectivity index (χ4v) is 5.00. The lowest BCUT2D eigenvalue weighted by Crippen LogP contribution is -2.57. The third-order valence-corrected chi connectivity index (χ3v) is 6.75. The Kier molecular flexibility index (Phi) is 4.24. The molecule has 0 amide bonds. The van der Waals surface area contributed by atoms with Crippen LogP contribution in [0.3, 0.4) is 0 Å². The van der Waals surface area contributed by atoms with Crippen molar-refractivity contribution in [2.75, 3.05) is 0 Å². The van der Waals surface area contributed by atoms with Crippen LogP contribution in [-0.4, -0.2) is 5.90 Å². The van der Waals surface area contributed by atoms with E-state index in [9.17, 15) is 15.8 Å². The number of ether oxygens (including phenoxy) is 2. The smallest absolute Gasteiger partial charge is 0.244 e. The van der Waals surface area contributed by atoms with E-state index in [1.807, 2.05) is 30.3 Å². The Morgan fingerprint density at radius 3 is 2.17 bits per heavy atom. The predicted octanol–water partition coefficient (Wildman–Crippen LogP) is 4.56. The van der Waals surface area contributed by atoms with E-state index >= 15 is 0 Å². The molecule has 0 saturated carbocycles. The summed E-state index contributed by atoms with van der Waals surface area (Å²) >= 11 is 3.47. The molecule has 29 heavy (non-hydrogen) atoms. The highest BCUT2D eigenvalue weighted by Gasteiger charge is 2.79. The van der Waals surface area contributed by atoms with Crippen molar-refractivity contribution in [3.05, 3.63) is 70.2 Å². The molecule has 2 aliphatic rings. The highest BCUT2D eigenvalue weighted by Crippen LogP contribution is 2.69. The van der Waals surface area contributed by atoms with Crippen LogP contribution >= 0.6 is 15.9 Å². The average Bonchev–Trinajstić information content (AvgIpc) is 2.91. The normalized spacial score (nSPS) is 31.8. The number of nitrogens with one attached hydrogen (secondary N) is 1. The molecule has 0 aliphatic carbocycles. The van der Waals surface area contributed by atoms with E-state index in [1.165, 1.54) is 0 Å². The number of nitriles is 3. The van der Waals surface area contributed by atoms with E-state index in [1.54, 1.807) is 43.3 Å². The molecule has 2 aromatic rings. The Balaban J connectivity index is 2.08. The molecule has 1 N–H and O–H groups in total. The van der Waals surface area contributed by atoms with E-state index in [0.29, 0.717) is 15.6 Å². The van der Waals surface area contributed by atoms with Crippen LogP contribution in [0.2, 0.25) is 0 Å². The maximum absolute atomic E-state index is 10.3. The molecule has 0 aromatic heterocycles. The van der Waals surface area contributed by atoms with Gasteiger partial charge in [0.2, 0.25) is 17.1 Å². The molecule has 4 atom stereocenters. The third kappa shape index (κ3) is 2.13. The molecule has 7 heteroatoms. The minimum atomic E-state index is -1.98. The van der Waals surface area contributed by atoms with Crippen molar-refractivity contribution in [3.63, 3.8) is 0 Å². The van der Waals surface area contributed by atoms with Crippen molar-refractivity contribution >= 4 is 21.8 Å². The molecule has 142 valence electrons. The summed E-state index contributed by atoms with van der Waals surface area (Å²) in [6.07, 6.45) is -1.12. The van der Waals surface area contributed by atoms with Gasteiger partial charge in [0.25, 0.3) is 0 Å². The lowest BCUT2D eigenvalue weighted by atomic mass is 9.53. The van der Waals surface area contributed by atoms with Gasteiger partial charge in [0.15, 0.2) is 5.41 Å². The zero-order valence-electron chi connectivity index (χ0n) is 15.4. The lowest BCUT2D eigenvalue weighted by molar-refractivity contribution is -0.288. The topological polar surface area (TPSA) is 114 Å². The van der Waals surface area contributed by atoms with Gasteiger partial charge in [0.1, 0.15) is 6.10 Å². The van der Waals surface area contributed by atoms with E-state index < -0.39 is 34.5 Å². The first-order chi connectivity index (χ1) is 13.9. The van der Waals surface area contributed by atoms with Crippen molar-refractivity contribution < 1.29 is 9.47 Å². The summed E-state index contributed by atoms with van der Waals surface area (Å²) in [4.78, 5) is 0. The van der Waals surface area contributed by atoms with Crippen molar-refractivity contribution in [1.29, 1.82) is 21.2 Å². The summed E-state index contributed by atoms with van der Waals surface area (Å²) in [6, 6.07) is 22.3. The van der Waals surface area contributed by atoms with E-state index in [2.05, 4.69) is 22.0 Å². The molecule has 0 radical (unpaired) electrons. The number of fused-ring (bicyclic) bond motifs is 2. The first kappa shape index (κ1) is 19.2. The highest BCUT2D eigenvalue weighted by molar-refractivity contribution is 9.10. The molecular formula is C22H15BrN4O2. The summed E-state index contributed by atoms with van der Waals surface area (Å²) < 4.78 is 13.0. The van der Waals surface area contributed by atoms with Crippen molar-refractivity contribution in [2.45, 2.75) is 18.8 Å². The summed E-state index contributed by atoms with van der Waals surface area (Å²) in [5.41, 5.74) is -2.61. The number of hydrogen-bond donors (Lipinski definition) is 1. The van der Waals surface area contributed by atoms with E-state index in [-0.39, 0.29) is 0 Å². The minimum absolute atomic E-state index is 0.422. The van der Waals surface area contributed by atoms with Crippen molar-refractivity contribution in [2.24, 2.45) is 16.7 Å². The zero-order valence-corrected chi connectivity index (χ0v) is 17.0. The fourth-order valence-electron chi connectivity index (χ4n) is 4.51. The van der Waals surface area contributed by atoms with Crippen molar-refractivity contribution in [1.82, 2.24) is 0 Å². The zero-order chi connectivity index (χ0) is 20.9. The van der Waals surface area contributed by atoms with E-state index in [4.69, 9.17) is 14.9 Å². The van der Waals surface area contributed by atoms with Gasteiger partial charge in [0.05, 0.1) is 24.1 Å².